The summed E-state index contributed by atoms with van der Waals surface area (Å²) in [5.41, 5.74) is 1.56. The van der Waals surface area contributed by atoms with Crippen LogP contribution in [0.15, 0.2) is 10.9 Å². The molecule has 50 valence electrons. The van der Waals surface area contributed by atoms with Gasteiger partial charge >= 0.3 is 0 Å². The van der Waals surface area contributed by atoms with Gasteiger partial charge in [-0.1, -0.05) is 0 Å². The Hall–Kier alpha value is -0.620. The van der Waals surface area contributed by atoms with E-state index in [0.29, 0.717) is 5.82 Å². The van der Waals surface area contributed by atoms with Crippen LogP contribution in [0.3, 0.4) is 0 Å². The van der Waals surface area contributed by atoms with Crippen LogP contribution < -0.4 is 4.72 Å². The lowest BCUT2D eigenvalue weighted by Crippen LogP contribution is -1.93. The number of nitrogens with zero attached hydrogens (tertiary/aromatic N) is 1. The summed E-state index contributed by atoms with van der Waals surface area (Å²) in [7, 11) is -2.56. The molecule has 0 aliphatic rings. The van der Waals surface area contributed by atoms with Crippen LogP contribution in [-0.4, -0.2) is 13.4 Å². The molecule has 4 nitrogen and oxygen atoms in total. The second-order valence-electron chi connectivity index (χ2n) is 1.24. The molecule has 0 bridgehead atoms. The molecule has 0 atom stereocenters. The van der Waals surface area contributed by atoms with Crippen LogP contribution in [-0.2, 0) is 10.9 Å². The summed E-state index contributed by atoms with van der Waals surface area (Å²) >= 11 is 1.34. The number of rotatable bonds is 2. The third-order valence-electron chi connectivity index (χ3n) is 0.638. The van der Waals surface area contributed by atoms with E-state index in [9.17, 15) is 8.42 Å². The number of thiazole rings is 1. The highest BCUT2D eigenvalue weighted by atomic mass is 32.2. The maximum atomic E-state index is 9.96. The van der Waals surface area contributed by atoms with Crippen LogP contribution in [0.25, 0.3) is 0 Å². The van der Waals surface area contributed by atoms with Crippen LogP contribution in [0, 0.1) is 0 Å². The Balaban J connectivity index is 2.68. The lowest BCUT2D eigenvalue weighted by Gasteiger charge is -1.85. The van der Waals surface area contributed by atoms with E-state index in [0.717, 1.165) is 0 Å². The first-order valence-corrected chi connectivity index (χ1v) is 4.20. The molecule has 0 unspecified atom stereocenters. The van der Waals surface area contributed by atoms with Gasteiger partial charge in [0.2, 0.25) is 10.9 Å². The standard InChI is InChI=1S/C3H4N2O2S2/c6-9(7)5-3-1-8-2-4-3/h1-2,9H,(H,5,6,7). The molecule has 1 aromatic rings. The van der Waals surface area contributed by atoms with Crippen molar-refractivity contribution in [1.82, 2.24) is 4.98 Å². The van der Waals surface area contributed by atoms with E-state index in [1.807, 2.05) is 0 Å². The number of nitrogens with one attached hydrogen (secondary N) is 1. The Labute approximate surface area is 57.6 Å². The highest BCUT2D eigenvalue weighted by Crippen LogP contribution is 2.05. The second-order valence-corrected chi connectivity index (χ2v) is 2.70. The zero-order valence-corrected chi connectivity index (χ0v) is 5.98. The van der Waals surface area contributed by atoms with Gasteiger partial charge in [-0.3, -0.25) is 4.72 Å². The smallest absolute Gasteiger partial charge is 0.223 e. The van der Waals surface area contributed by atoms with Gasteiger partial charge < -0.3 is 0 Å². The Morgan fingerprint density at radius 1 is 1.67 bits per heavy atom. The number of thiol groups is 1. The maximum absolute atomic E-state index is 9.96. The van der Waals surface area contributed by atoms with Gasteiger partial charge in [-0.25, -0.2) is 13.4 Å². The molecule has 0 aliphatic heterocycles. The van der Waals surface area contributed by atoms with Gasteiger partial charge in [-0.15, -0.1) is 11.3 Å². The quantitative estimate of drug-likeness (QED) is 0.609. The predicted molar refractivity (Wildman–Crippen MR) is 36.1 cm³/mol. The SMILES string of the molecule is O=[SH](=O)Nc1cscn1. The van der Waals surface area contributed by atoms with Crippen LogP contribution in [0.2, 0.25) is 0 Å². The molecule has 1 aromatic heterocycles. The van der Waals surface area contributed by atoms with Crippen molar-refractivity contribution in [3.8, 4) is 0 Å². The molecule has 6 heteroatoms. The zero-order valence-electron chi connectivity index (χ0n) is 4.27. The first-order valence-electron chi connectivity index (χ1n) is 2.08. The zero-order chi connectivity index (χ0) is 6.69. The Bertz CT molecular complexity index is 232. The van der Waals surface area contributed by atoms with Gasteiger partial charge in [-0.2, -0.15) is 0 Å². The summed E-state index contributed by atoms with van der Waals surface area (Å²) in [5, 5.41) is 1.62. The van der Waals surface area contributed by atoms with Crippen molar-refractivity contribution in [1.29, 1.82) is 0 Å². The molecule has 1 rings (SSSR count). The van der Waals surface area contributed by atoms with E-state index in [2.05, 4.69) is 9.71 Å². The van der Waals surface area contributed by atoms with Gasteiger partial charge in [0.15, 0.2) is 0 Å². The first-order chi connectivity index (χ1) is 4.29. The number of anilines is 1. The number of hydrogen-bond acceptors (Lipinski definition) is 4. The largest absolute Gasteiger partial charge is 0.269 e. The fraction of sp³-hybridized carbons (Fsp3) is 0. The van der Waals surface area contributed by atoms with Crippen LogP contribution in [0.5, 0.6) is 0 Å². The highest BCUT2D eigenvalue weighted by molar-refractivity contribution is 7.73. The summed E-state index contributed by atoms with van der Waals surface area (Å²) in [6.07, 6.45) is 0. The third kappa shape index (κ3) is 1.98. The Kier molecular flexibility index (Phi) is 2.01. The van der Waals surface area contributed by atoms with Crippen molar-refractivity contribution in [2.75, 3.05) is 4.72 Å². The average Bonchev–Trinajstić information content (AvgIpc) is 2.15. The molecular formula is C3H4N2O2S2. The van der Waals surface area contributed by atoms with E-state index >= 15 is 0 Å². The van der Waals surface area contributed by atoms with Crippen molar-refractivity contribution in [2.45, 2.75) is 0 Å². The lowest BCUT2D eigenvalue weighted by atomic mass is 10.9. The van der Waals surface area contributed by atoms with E-state index in [4.69, 9.17) is 0 Å². The molecule has 0 spiro atoms. The molecular weight excluding hydrogens is 160 g/mol. The van der Waals surface area contributed by atoms with E-state index in [1.54, 1.807) is 10.9 Å². The van der Waals surface area contributed by atoms with Crippen LogP contribution in [0.1, 0.15) is 0 Å². The third-order valence-corrected chi connectivity index (χ3v) is 1.64. The predicted octanol–water partition coefficient (Wildman–Crippen LogP) is 0.0814. The van der Waals surface area contributed by atoms with E-state index in [-0.39, 0.29) is 0 Å². The number of hydrogen-bond donors (Lipinski definition) is 2. The fourth-order valence-corrected chi connectivity index (χ4v) is 1.24. The minimum absolute atomic E-state index is 0.385. The fourth-order valence-electron chi connectivity index (χ4n) is 0.361. The topological polar surface area (TPSA) is 59.1 Å². The molecule has 1 N–H and O–H groups in total. The molecule has 0 fully saturated rings. The summed E-state index contributed by atoms with van der Waals surface area (Å²) in [6.45, 7) is 0. The van der Waals surface area contributed by atoms with E-state index in [1.165, 1.54) is 11.3 Å². The Morgan fingerprint density at radius 2 is 2.44 bits per heavy atom. The second kappa shape index (κ2) is 2.79. The average molecular weight is 164 g/mol. The van der Waals surface area contributed by atoms with Gasteiger partial charge in [0, 0.05) is 5.38 Å². The normalized spacial score (nSPS) is 9.89. The van der Waals surface area contributed by atoms with Crippen molar-refractivity contribution in [3.63, 3.8) is 0 Å². The minimum Gasteiger partial charge on any atom is -0.269 e. The molecule has 0 aromatic carbocycles. The van der Waals surface area contributed by atoms with Crippen LogP contribution >= 0.6 is 11.3 Å². The Morgan fingerprint density at radius 3 is 2.89 bits per heavy atom. The molecule has 9 heavy (non-hydrogen) atoms. The van der Waals surface area contributed by atoms with Gasteiger partial charge in [-0.05, 0) is 0 Å². The van der Waals surface area contributed by atoms with Crippen molar-refractivity contribution in [3.05, 3.63) is 10.9 Å². The van der Waals surface area contributed by atoms with Crippen LogP contribution in [0.4, 0.5) is 5.82 Å². The number of aromatic nitrogens is 1. The molecule has 0 radical (unpaired) electrons. The highest BCUT2D eigenvalue weighted by Gasteiger charge is 1.89. The van der Waals surface area contributed by atoms with Crippen molar-refractivity contribution in [2.24, 2.45) is 0 Å². The molecule has 0 aliphatic carbocycles. The monoisotopic (exact) mass is 164 g/mol. The molecule has 1 heterocycles. The molecule has 0 amide bonds. The summed E-state index contributed by atoms with van der Waals surface area (Å²) in [4.78, 5) is 3.68. The molecule has 0 saturated carbocycles. The first kappa shape index (κ1) is 6.50. The minimum atomic E-state index is -2.56. The summed E-state index contributed by atoms with van der Waals surface area (Å²) in [6, 6.07) is 0. The summed E-state index contributed by atoms with van der Waals surface area (Å²) < 4.78 is 22.1. The van der Waals surface area contributed by atoms with Crippen molar-refractivity contribution >= 4 is 28.0 Å². The summed E-state index contributed by atoms with van der Waals surface area (Å²) in [5.74, 6) is 0.385. The van der Waals surface area contributed by atoms with Crippen molar-refractivity contribution < 1.29 is 8.42 Å². The van der Waals surface area contributed by atoms with Gasteiger partial charge in [0.25, 0.3) is 0 Å². The lowest BCUT2D eigenvalue weighted by molar-refractivity contribution is 0.619. The van der Waals surface area contributed by atoms with E-state index < -0.39 is 10.9 Å². The van der Waals surface area contributed by atoms with Gasteiger partial charge in [0.05, 0.1) is 5.51 Å². The molecule has 0 saturated heterocycles. The van der Waals surface area contributed by atoms with Gasteiger partial charge in [0.1, 0.15) is 5.82 Å². The maximum Gasteiger partial charge on any atom is 0.223 e.